The number of nitrogens with two attached hydrogens (primary N) is 1. The fraction of sp³-hybridized carbons (Fsp3) is 0.706. The molecule has 2 N–H and O–H groups in total. The van der Waals surface area contributed by atoms with Gasteiger partial charge in [-0.05, 0) is 43.1 Å². The largest absolute Gasteiger partial charge is 0.396 e. The van der Waals surface area contributed by atoms with Gasteiger partial charge in [0.15, 0.2) is 0 Å². The summed E-state index contributed by atoms with van der Waals surface area (Å²) in [5.41, 5.74) is 8.00. The standard InChI is InChI=1S/C17H26N4/c18-16-11-19-4-3-17(16)21-7-5-20(6-8-21)12-15-10-13-1-2-14(15)9-13/h3-4,11,13-15H,1-2,5-10,12,18H2. The molecule has 1 aromatic heterocycles. The van der Waals surface area contributed by atoms with Crippen LogP contribution in [0.3, 0.4) is 0 Å². The van der Waals surface area contributed by atoms with Gasteiger partial charge in [-0.2, -0.15) is 0 Å². The molecular formula is C17H26N4. The zero-order valence-corrected chi connectivity index (χ0v) is 12.7. The molecule has 0 amide bonds. The van der Waals surface area contributed by atoms with E-state index in [0.717, 1.165) is 42.2 Å². The Morgan fingerprint density at radius 1 is 1.14 bits per heavy atom. The van der Waals surface area contributed by atoms with Crippen LogP contribution in [0.4, 0.5) is 11.4 Å². The minimum atomic E-state index is 0.805. The molecule has 3 fully saturated rings. The number of fused-ring (bicyclic) bond motifs is 2. The number of aromatic nitrogens is 1. The van der Waals surface area contributed by atoms with Gasteiger partial charge in [-0.15, -0.1) is 0 Å². The second kappa shape index (κ2) is 5.48. The Morgan fingerprint density at radius 3 is 2.67 bits per heavy atom. The highest BCUT2D eigenvalue weighted by atomic mass is 15.3. The van der Waals surface area contributed by atoms with Crippen molar-refractivity contribution in [3.63, 3.8) is 0 Å². The van der Waals surface area contributed by atoms with Crippen LogP contribution < -0.4 is 10.6 Å². The van der Waals surface area contributed by atoms with Gasteiger partial charge in [0.25, 0.3) is 0 Å². The van der Waals surface area contributed by atoms with E-state index in [1.807, 2.05) is 12.3 Å². The zero-order valence-electron chi connectivity index (χ0n) is 12.7. The van der Waals surface area contributed by atoms with Gasteiger partial charge < -0.3 is 10.6 Å². The highest BCUT2D eigenvalue weighted by Gasteiger charge is 2.40. The van der Waals surface area contributed by atoms with Crippen LogP contribution in [0.1, 0.15) is 25.7 Å². The molecule has 3 unspecified atom stereocenters. The van der Waals surface area contributed by atoms with Crippen molar-refractivity contribution in [3.8, 4) is 0 Å². The summed E-state index contributed by atoms with van der Waals surface area (Å²) in [6.45, 7) is 5.87. The number of nitrogens with zero attached hydrogens (tertiary/aromatic N) is 3. The van der Waals surface area contributed by atoms with Gasteiger partial charge in [0, 0.05) is 38.9 Å². The molecule has 4 heteroatoms. The molecule has 3 atom stereocenters. The minimum absolute atomic E-state index is 0.805. The molecule has 4 nitrogen and oxygen atoms in total. The predicted molar refractivity (Wildman–Crippen MR) is 86.2 cm³/mol. The molecule has 0 spiro atoms. The number of pyridine rings is 1. The van der Waals surface area contributed by atoms with Crippen molar-refractivity contribution in [2.75, 3.05) is 43.4 Å². The first-order valence-corrected chi connectivity index (χ1v) is 8.46. The lowest BCUT2D eigenvalue weighted by atomic mass is 9.88. The van der Waals surface area contributed by atoms with Crippen LogP contribution in [0.15, 0.2) is 18.5 Å². The summed E-state index contributed by atoms with van der Waals surface area (Å²) < 4.78 is 0. The number of nitrogen functional groups attached to an aromatic ring is 1. The monoisotopic (exact) mass is 286 g/mol. The van der Waals surface area contributed by atoms with Gasteiger partial charge >= 0.3 is 0 Å². The van der Waals surface area contributed by atoms with Crippen LogP contribution in [-0.4, -0.2) is 42.6 Å². The molecule has 1 saturated heterocycles. The molecule has 1 aromatic rings. The van der Waals surface area contributed by atoms with E-state index in [0.29, 0.717) is 0 Å². The topological polar surface area (TPSA) is 45.4 Å². The van der Waals surface area contributed by atoms with Crippen molar-refractivity contribution in [3.05, 3.63) is 18.5 Å². The molecule has 4 rings (SSSR count). The van der Waals surface area contributed by atoms with Crippen molar-refractivity contribution in [1.29, 1.82) is 0 Å². The van der Waals surface area contributed by atoms with Gasteiger partial charge in [0.2, 0.25) is 0 Å². The molecule has 3 aliphatic rings. The summed E-state index contributed by atoms with van der Waals surface area (Å²) in [5, 5.41) is 0. The van der Waals surface area contributed by atoms with Gasteiger partial charge in [-0.3, -0.25) is 9.88 Å². The molecule has 114 valence electrons. The average Bonchev–Trinajstić information content (AvgIpc) is 3.11. The van der Waals surface area contributed by atoms with Gasteiger partial charge in [-0.1, -0.05) is 6.42 Å². The molecule has 2 heterocycles. The Bertz CT molecular complexity index is 495. The number of rotatable bonds is 3. The Kier molecular flexibility index (Phi) is 3.49. The van der Waals surface area contributed by atoms with Crippen LogP contribution in [0, 0.1) is 17.8 Å². The summed E-state index contributed by atoms with van der Waals surface area (Å²) in [6, 6.07) is 2.04. The fourth-order valence-corrected chi connectivity index (χ4v) is 4.79. The maximum atomic E-state index is 6.04. The van der Waals surface area contributed by atoms with Crippen molar-refractivity contribution in [2.45, 2.75) is 25.7 Å². The summed E-state index contributed by atoms with van der Waals surface area (Å²) in [7, 11) is 0. The normalized spacial score (nSPS) is 32.8. The van der Waals surface area contributed by atoms with E-state index < -0.39 is 0 Å². The summed E-state index contributed by atoms with van der Waals surface area (Å²) in [5.74, 6) is 3.10. The summed E-state index contributed by atoms with van der Waals surface area (Å²) >= 11 is 0. The van der Waals surface area contributed by atoms with Gasteiger partial charge in [-0.25, -0.2) is 0 Å². The van der Waals surface area contributed by atoms with E-state index in [9.17, 15) is 0 Å². The molecule has 21 heavy (non-hydrogen) atoms. The summed E-state index contributed by atoms with van der Waals surface area (Å²) in [4.78, 5) is 9.17. The first-order valence-electron chi connectivity index (χ1n) is 8.46. The van der Waals surface area contributed by atoms with Crippen LogP contribution in [0.2, 0.25) is 0 Å². The van der Waals surface area contributed by atoms with E-state index >= 15 is 0 Å². The third kappa shape index (κ3) is 2.61. The van der Waals surface area contributed by atoms with E-state index in [4.69, 9.17) is 5.73 Å². The van der Waals surface area contributed by atoms with E-state index in [2.05, 4.69) is 14.8 Å². The van der Waals surface area contributed by atoms with Crippen LogP contribution in [0.25, 0.3) is 0 Å². The maximum absolute atomic E-state index is 6.04. The Labute approximate surface area is 127 Å². The predicted octanol–water partition coefficient (Wildman–Crippen LogP) is 2.22. The minimum Gasteiger partial charge on any atom is -0.396 e. The molecular weight excluding hydrogens is 260 g/mol. The number of anilines is 2. The lowest BCUT2D eigenvalue weighted by Gasteiger charge is -2.38. The molecule has 0 aromatic carbocycles. The zero-order chi connectivity index (χ0) is 14.2. The third-order valence-electron chi connectivity index (χ3n) is 5.92. The lowest BCUT2D eigenvalue weighted by molar-refractivity contribution is 0.182. The maximum Gasteiger partial charge on any atom is 0.0738 e. The first-order chi connectivity index (χ1) is 10.3. The third-order valence-corrected chi connectivity index (χ3v) is 5.92. The highest BCUT2D eigenvalue weighted by molar-refractivity contribution is 5.66. The summed E-state index contributed by atoms with van der Waals surface area (Å²) in [6.07, 6.45) is 9.64. The number of hydrogen-bond acceptors (Lipinski definition) is 4. The van der Waals surface area contributed by atoms with Gasteiger partial charge in [0.1, 0.15) is 0 Å². The quantitative estimate of drug-likeness (QED) is 0.925. The van der Waals surface area contributed by atoms with E-state index in [1.54, 1.807) is 6.20 Å². The number of piperazine rings is 1. The number of hydrogen-bond donors (Lipinski definition) is 1. The highest BCUT2D eigenvalue weighted by Crippen LogP contribution is 2.48. The molecule has 2 aliphatic carbocycles. The fourth-order valence-electron chi connectivity index (χ4n) is 4.79. The molecule has 2 saturated carbocycles. The van der Waals surface area contributed by atoms with Gasteiger partial charge in [0.05, 0.1) is 17.6 Å². The van der Waals surface area contributed by atoms with Crippen molar-refractivity contribution >= 4 is 11.4 Å². The smallest absolute Gasteiger partial charge is 0.0738 e. The lowest BCUT2D eigenvalue weighted by Crippen LogP contribution is -2.48. The molecule has 0 radical (unpaired) electrons. The Morgan fingerprint density at radius 2 is 2.00 bits per heavy atom. The molecule has 1 aliphatic heterocycles. The van der Waals surface area contributed by atoms with Crippen LogP contribution >= 0.6 is 0 Å². The second-order valence-corrected chi connectivity index (χ2v) is 7.16. The van der Waals surface area contributed by atoms with Crippen LogP contribution in [-0.2, 0) is 0 Å². The van der Waals surface area contributed by atoms with E-state index in [-0.39, 0.29) is 0 Å². The Hall–Kier alpha value is -1.29. The average molecular weight is 286 g/mol. The Balaban J connectivity index is 1.32. The SMILES string of the molecule is Nc1cnccc1N1CCN(CC2CC3CCC2C3)CC1. The van der Waals surface area contributed by atoms with Crippen molar-refractivity contribution in [1.82, 2.24) is 9.88 Å². The van der Waals surface area contributed by atoms with E-state index in [1.165, 1.54) is 45.3 Å². The second-order valence-electron chi connectivity index (χ2n) is 7.16. The van der Waals surface area contributed by atoms with Crippen molar-refractivity contribution in [2.24, 2.45) is 17.8 Å². The van der Waals surface area contributed by atoms with Crippen LogP contribution in [0.5, 0.6) is 0 Å². The molecule has 2 bridgehead atoms. The van der Waals surface area contributed by atoms with Crippen molar-refractivity contribution < 1.29 is 0 Å². The first kappa shape index (κ1) is 13.4.